The maximum Gasteiger partial charge on any atom is 0.236 e. The Bertz CT molecular complexity index is 2970. The first-order valence-corrected chi connectivity index (χ1v) is 36.3. The molecule has 15 unspecified atom stereocenters. The molecule has 8 heterocycles. The highest BCUT2D eigenvalue weighted by Crippen LogP contribution is 2.50. The van der Waals surface area contributed by atoms with Crippen LogP contribution in [0.5, 0.6) is 0 Å². The molecular formula is C63H113N12O15P3. The van der Waals surface area contributed by atoms with Crippen LogP contribution in [0.25, 0.3) is 11.2 Å². The lowest BCUT2D eigenvalue weighted by molar-refractivity contribution is -0.144. The Labute approximate surface area is 565 Å². The second-order valence-corrected chi connectivity index (χ2v) is 29.2. The minimum Gasteiger partial charge on any atom is -0.400 e. The summed E-state index contributed by atoms with van der Waals surface area (Å²) in [7, 11) is 4.40. The number of fused-ring (bicyclic) bond motifs is 2. The number of rotatable bonds is 21. The number of hydrogen-bond acceptors (Lipinski definition) is 23. The van der Waals surface area contributed by atoms with Crippen molar-refractivity contribution in [3.05, 3.63) is 42.6 Å². The summed E-state index contributed by atoms with van der Waals surface area (Å²) < 4.78 is 101. The molecule has 5 aliphatic heterocycles. The number of aliphatic imine (C=N–C) groups is 1. The van der Waals surface area contributed by atoms with Crippen molar-refractivity contribution in [2.45, 2.75) is 248 Å². The van der Waals surface area contributed by atoms with E-state index in [0.29, 0.717) is 47.7 Å². The molecule has 0 bridgehead atoms. The van der Waals surface area contributed by atoms with Gasteiger partial charge in [-0.1, -0.05) is 20.8 Å². The van der Waals surface area contributed by atoms with Gasteiger partial charge in [-0.2, -0.15) is 0 Å². The zero-order valence-corrected chi connectivity index (χ0v) is 62.0. The van der Waals surface area contributed by atoms with E-state index in [1.54, 1.807) is 39.0 Å². The van der Waals surface area contributed by atoms with E-state index in [4.69, 9.17) is 45.7 Å². The van der Waals surface area contributed by atoms with Crippen LogP contribution in [-0.2, 0) is 51.6 Å². The summed E-state index contributed by atoms with van der Waals surface area (Å²) >= 11 is 0. The van der Waals surface area contributed by atoms with Crippen LogP contribution in [0.2, 0.25) is 0 Å². The molecule has 0 aromatic carbocycles. The van der Waals surface area contributed by atoms with Gasteiger partial charge in [-0.15, -0.1) is 0 Å². The second kappa shape index (κ2) is 38.9. The highest BCUT2D eigenvalue weighted by molar-refractivity contribution is 7.49. The molecule has 93 heavy (non-hydrogen) atoms. The molecule has 8 rings (SSSR count). The Morgan fingerprint density at radius 1 is 0.656 bits per heavy atom. The van der Waals surface area contributed by atoms with E-state index < -0.39 is 68.0 Å². The lowest BCUT2D eigenvalue weighted by Crippen LogP contribution is -2.43. The molecule has 5 aliphatic rings. The summed E-state index contributed by atoms with van der Waals surface area (Å²) in [6.07, 6.45) is 2.52. The van der Waals surface area contributed by atoms with Crippen molar-refractivity contribution in [1.82, 2.24) is 53.3 Å². The predicted molar refractivity (Wildman–Crippen MR) is 365 cm³/mol. The lowest BCUT2D eigenvalue weighted by atomic mass is 10.0. The van der Waals surface area contributed by atoms with Crippen LogP contribution >= 0.6 is 24.9 Å². The van der Waals surface area contributed by atoms with Crippen LogP contribution in [-0.4, -0.2) is 244 Å². The first-order chi connectivity index (χ1) is 46.7. The summed E-state index contributed by atoms with van der Waals surface area (Å²) in [5.74, 6) is -0.637. The summed E-state index contributed by atoms with van der Waals surface area (Å²) in [6.45, 7) is 39.7. The molecular weight excluding hydrogens is 1260 g/mol. The minimum atomic E-state index is -0.979. The van der Waals surface area contributed by atoms with Gasteiger partial charge in [0.15, 0.2) is 41.2 Å². The fourth-order valence-electron chi connectivity index (χ4n) is 12.0. The number of nitrogens with one attached hydrogen (secondary N) is 1. The average molecular weight is 1380 g/mol. The molecule has 3 aromatic rings. The van der Waals surface area contributed by atoms with Crippen molar-refractivity contribution in [3.63, 3.8) is 0 Å². The number of ether oxygens (including phenoxy) is 5. The zero-order valence-electron chi connectivity index (χ0n) is 65.3. The number of aliphatic hydroxyl groups is 3. The van der Waals surface area contributed by atoms with Crippen LogP contribution in [0.1, 0.15) is 170 Å². The van der Waals surface area contributed by atoms with E-state index in [1.165, 1.54) is 51.2 Å². The van der Waals surface area contributed by atoms with Crippen LogP contribution < -0.4 is 5.32 Å². The third-order valence-electron chi connectivity index (χ3n) is 15.5. The van der Waals surface area contributed by atoms with Crippen molar-refractivity contribution in [3.8, 4) is 0 Å². The van der Waals surface area contributed by atoms with Gasteiger partial charge in [0.25, 0.3) is 0 Å². The summed E-state index contributed by atoms with van der Waals surface area (Å²) in [5, 5.41) is 13.2. The van der Waals surface area contributed by atoms with E-state index in [9.17, 15) is 19.2 Å². The van der Waals surface area contributed by atoms with Gasteiger partial charge in [-0.3, -0.25) is 47.2 Å². The smallest absolute Gasteiger partial charge is 0.236 e. The molecule has 4 N–H and O–H groups in total. The summed E-state index contributed by atoms with van der Waals surface area (Å²) in [4.78, 5) is 71.9. The lowest BCUT2D eigenvalue weighted by Gasteiger charge is -2.37. The highest BCUT2D eigenvalue weighted by Gasteiger charge is 2.50. The van der Waals surface area contributed by atoms with Crippen molar-refractivity contribution in [2.75, 3.05) is 55.5 Å². The summed E-state index contributed by atoms with van der Waals surface area (Å²) in [5.41, 5.74) is 2.47. The minimum absolute atomic E-state index is 0.0116. The standard InChI is InChI=1S/C23H38N5O5P.C19H32N5O3P.C18H31N2O4P.3CH4O/c1-12(2)22(30)26-17-10-16(29)18-21(25-17)27(11-24-18)23-20(31-8)19(15(7)32-23)33-34(9)28(13(3)4)14(5)6;1-11(2)24(12(3)4)28(8)27-16-14(6)26-19(17(16)25-7)23-10-22-15-13(5)20-9-21-18(15)23;1-11(2)20(12(3)4)25(7)24-17-13(5)18(23-14(17)6)19-9-8-15(21)10-16(19)22;3*1-2/h11-15,19-20,23H,10H2,1-9H3,(H,25,26,30);9-12,14,16-17,19H,1-8H3;8-9,11-14,17-18H,10H2,1-7H3;3*2H,1H3/i7D;2*6D;3*2T. The Morgan fingerprint density at radius 3 is 1.52 bits per heavy atom. The van der Waals surface area contributed by atoms with Crippen molar-refractivity contribution in [1.29, 1.82) is 4.29 Å². The molecule has 0 saturated carbocycles. The number of amides is 2. The van der Waals surface area contributed by atoms with E-state index in [2.05, 4.69) is 163 Å². The SMILES string of the molecule is [2H]CC1OC(N2C=CC(=O)CC2=O)C(C)C1OP(C)N(C(C)C)C(C)C.[2H]CC1OC(n2cnc3c(C)ncnc32)C(OC)C1OP(C)N(C(C)C)C(C)C.[2H]CC1OC(n2cnc3c2N=C(NC(=O)C(C)C)CC3=O)C(OC)C1OP(C)N(C(C)C)C(C)C.[3H]OC.[3H]OC.[3H]OC. The topological polar surface area (TPSA) is 302 Å². The van der Waals surface area contributed by atoms with Gasteiger partial charge < -0.3 is 57.9 Å². The fourth-order valence-corrected chi connectivity index (χ4v) is 18.1. The molecule has 2 amide bonds. The number of ketones is 2. The van der Waals surface area contributed by atoms with E-state index in [-0.39, 0.29) is 105 Å². The third kappa shape index (κ3) is 20.9. The van der Waals surface area contributed by atoms with Gasteiger partial charge in [0.1, 0.15) is 73.2 Å². The quantitative estimate of drug-likeness (QED) is 0.0570. The number of amidine groups is 1. The van der Waals surface area contributed by atoms with Crippen molar-refractivity contribution in [2.24, 2.45) is 16.8 Å². The number of hydrogen-bond donors (Lipinski definition) is 4. The van der Waals surface area contributed by atoms with Crippen molar-refractivity contribution < 1.29 is 75.9 Å². The van der Waals surface area contributed by atoms with E-state index in [1.807, 2.05) is 18.4 Å². The molecule has 30 heteroatoms. The van der Waals surface area contributed by atoms with Gasteiger partial charge in [-0.25, -0.2) is 24.9 Å². The molecule has 3 saturated heterocycles. The molecule has 15 atom stereocenters. The highest BCUT2D eigenvalue weighted by atomic mass is 31.2. The number of nitrogens with zero attached hydrogens (tertiary/aromatic N) is 11. The molecule has 0 aliphatic carbocycles. The number of Topliss-reactive ketones (excluding diaryl/α,β-unsaturated/α-hetero) is 1. The number of aliphatic hydroxyl groups excluding tert-OH is 3. The Balaban J connectivity index is 0.000000367. The third-order valence-corrected chi connectivity index (χ3v) is 21.9. The molecule has 3 aromatic heterocycles. The molecule has 530 valence electrons. The van der Waals surface area contributed by atoms with Crippen LogP contribution in [0.15, 0.2) is 36.3 Å². The predicted octanol–water partition coefficient (Wildman–Crippen LogP) is 9.12. The number of methoxy groups -OCH3 is 2. The van der Waals surface area contributed by atoms with Gasteiger partial charge in [-0.05, 0) is 137 Å². The second-order valence-electron chi connectivity index (χ2n) is 24.4. The number of allylic oxidation sites excluding steroid dienone is 1. The molecule has 3 fully saturated rings. The average Bonchev–Trinajstić information content (AvgIpc) is 1.63. The first kappa shape index (κ1) is 73.4. The van der Waals surface area contributed by atoms with Crippen molar-refractivity contribution >= 4 is 71.1 Å². The number of imidazole rings is 2. The normalized spacial score (nSPS) is 27.1. The van der Waals surface area contributed by atoms with Gasteiger partial charge in [0, 0.05) is 93.9 Å². The van der Waals surface area contributed by atoms with Gasteiger partial charge in [0.05, 0.1) is 55.6 Å². The summed E-state index contributed by atoms with van der Waals surface area (Å²) in [6, 6.07) is 2.01. The van der Waals surface area contributed by atoms with Crippen LogP contribution in [0.3, 0.4) is 0 Å². The van der Waals surface area contributed by atoms with Gasteiger partial charge >= 0.3 is 0 Å². The number of aryl methyl sites for hydroxylation is 1. The largest absolute Gasteiger partial charge is 0.400 e. The van der Waals surface area contributed by atoms with Crippen LogP contribution in [0.4, 0.5) is 5.82 Å². The fraction of sp³-hybridized carbons (Fsp3) is 0.762. The Hall–Kier alpha value is -3.82. The number of carbonyl (C=O) groups is 4. The number of aromatic nitrogens is 6. The Kier molecular flexibility index (Phi) is 30.7. The van der Waals surface area contributed by atoms with E-state index >= 15 is 0 Å². The molecule has 27 nitrogen and oxygen atoms in total. The van der Waals surface area contributed by atoms with E-state index in [0.717, 1.165) is 11.2 Å². The zero-order chi connectivity index (χ0) is 75.0. The first-order valence-electron chi connectivity index (χ1n) is 34.6. The molecule has 0 radical (unpaired) electrons. The van der Waals surface area contributed by atoms with Gasteiger partial charge in [0.2, 0.25) is 16.1 Å². The Morgan fingerprint density at radius 2 is 1.09 bits per heavy atom. The maximum atomic E-state index is 12.7. The van der Waals surface area contributed by atoms with Crippen LogP contribution in [0, 0.1) is 18.8 Å². The maximum absolute atomic E-state index is 12.7. The molecule has 0 spiro atoms. The number of carbonyl (C=O) groups excluding carboxylic acids is 4. The monoisotopic (exact) mass is 1380 g/mol.